The van der Waals surface area contributed by atoms with Crippen LogP contribution in [0.3, 0.4) is 0 Å². The molecule has 0 bridgehead atoms. The van der Waals surface area contributed by atoms with Gasteiger partial charge in [-0.05, 0) is 48.8 Å². The molecule has 1 aromatic carbocycles. The number of carbonyl (C=O) groups is 1. The van der Waals surface area contributed by atoms with E-state index in [1.807, 2.05) is 0 Å². The summed E-state index contributed by atoms with van der Waals surface area (Å²) < 4.78 is 0. The Hall–Kier alpha value is -1.68. The van der Waals surface area contributed by atoms with Crippen molar-refractivity contribution in [1.29, 1.82) is 0 Å². The lowest BCUT2D eigenvalue weighted by Crippen LogP contribution is -2.27. The van der Waals surface area contributed by atoms with Crippen LogP contribution in [0.5, 0.6) is 0 Å². The first-order valence-electron chi connectivity index (χ1n) is 7.51. The van der Waals surface area contributed by atoms with Crippen molar-refractivity contribution in [3.05, 3.63) is 40.6 Å². The zero-order valence-corrected chi connectivity index (χ0v) is 14.0. The number of carboxylic acids is 1. The van der Waals surface area contributed by atoms with Crippen LogP contribution in [0.25, 0.3) is 0 Å². The van der Waals surface area contributed by atoms with E-state index in [4.69, 9.17) is 16.7 Å². The van der Waals surface area contributed by atoms with Crippen LogP contribution in [0.2, 0.25) is 5.02 Å². The summed E-state index contributed by atoms with van der Waals surface area (Å²) in [5.74, 6) is -0.328. The summed E-state index contributed by atoms with van der Waals surface area (Å²) in [6, 6.07) is 4.86. The van der Waals surface area contributed by atoms with Gasteiger partial charge in [0.2, 0.25) is 0 Å². The van der Waals surface area contributed by atoms with Gasteiger partial charge >= 0.3 is 5.97 Å². The van der Waals surface area contributed by atoms with Crippen LogP contribution >= 0.6 is 11.6 Å². The molecule has 120 valence electrons. The van der Waals surface area contributed by atoms with Gasteiger partial charge in [-0.1, -0.05) is 38.4 Å². The molecule has 1 aliphatic rings. The van der Waals surface area contributed by atoms with Crippen molar-refractivity contribution in [3.63, 3.8) is 0 Å². The molecule has 1 atom stereocenters. The SMILES string of the molecule is CC(C)(C)[C@@H]1CC=C(NNc2ccc(Cl)c(C(=O)O)c2)CC1. The number of nitrogens with one attached hydrogen (secondary N) is 2. The number of benzene rings is 1. The maximum atomic E-state index is 11.1. The number of anilines is 1. The van der Waals surface area contributed by atoms with Gasteiger partial charge in [-0.2, -0.15) is 0 Å². The zero-order valence-electron chi connectivity index (χ0n) is 13.2. The Balaban J connectivity index is 1.96. The minimum absolute atomic E-state index is 0.0962. The minimum atomic E-state index is -1.03. The quantitative estimate of drug-likeness (QED) is 0.704. The molecule has 0 spiro atoms. The number of aromatic carboxylic acids is 1. The van der Waals surface area contributed by atoms with Crippen LogP contribution < -0.4 is 10.9 Å². The molecule has 0 unspecified atom stereocenters. The number of halogens is 1. The molecule has 0 fully saturated rings. The van der Waals surface area contributed by atoms with Crippen molar-refractivity contribution >= 4 is 23.3 Å². The maximum absolute atomic E-state index is 11.1. The van der Waals surface area contributed by atoms with Crippen molar-refractivity contribution in [2.75, 3.05) is 5.43 Å². The fraction of sp³-hybridized carbons (Fsp3) is 0.471. The van der Waals surface area contributed by atoms with Gasteiger partial charge in [0.15, 0.2) is 0 Å². The van der Waals surface area contributed by atoms with Crippen LogP contribution in [0.15, 0.2) is 30.0 Å². The number of hydrogen-bond acceptors (Lipinski definition) is 3. The third-order valence-electron chi connectivity index (χ3n) is 4.20. The Morgan fingerprint density at radius 3 is 2.59 bits per heavy atom. The highest BCUT2D eigenvalue weighted by Gasteiger charge is 2.26. The second-order valence-electron chi connectivity index (χ2n) is 6.82. The molecule has 22 heavy (non-hydrogen) atoms. The van der Waals surface area contributed by atoms with Gasteiger partial charge in [-0.3, -0.25) is 0 Å². The monoisotopic (exact) mass is 322 g/mol. The van der Waals surface area contributed by atoms with Gasteiger partial charge in [0, 0.05) is 5.70 Å². The summed E-state index contributed by atoms with van der Waals surface area (Å²) in [7, 11) is 0. The molecule has 0 saturated carbocycles. The molecule has 0 aliphatic heterocycles. The van der Waals surface area contributed by atoms with E-state index < -0.39 is 5.97 Å². The van der Waals surface area contributed by atoms with Crippen molar-refractivity contribution < 1.29 is 9.90 Å². The van der Waals surface area contributed by atoms with Crippen LogP contribution in [0, 0.1) is 11.3 Å². The standard InChI is InChI=1S/C17H23ClN2O2/c1-17(2,3)11-4-6-12(7-5-11)19-20-13-8-9-15(18)14(10-13)16(21)22/h6,8-11,19-20H,4-5,7H2,1-3H3,(H,21,22)/t11-/m1/s1. The zero-order chi connectivity index (χ0) is 16.3. The van der Waals surface area contributed by atoms with E-state index in [9.17, 15) is 4.79 Å². The predicted molar refractivity (Wildman–Crippen MR) is 90.0 cm³/mol. The first kappa shape index (κ1) is 16.7. The smallest absolute Gasteiger partial charge is 0.337 e. The summed E-state index contributed by atoms with van der Waals surface area (Å²) in [5, 5.41) is 9.31. The summed E-state index contributed by atoms with van der Waals surface area (Å²) in [4.78, 5) is 11.1. The summed E-state index contributed by atoms with van der Waals surface area (Å²) >= 11 is 5.86. The second-order valence-corrected chi connectivity index (χ2v) is 7.22. The lowest BCUT2D eigenvalue weighted by Gasteiger charge is -2.33. The molecule has 0 aromatic heterocycles. The Morgan fingerprint density at radius 2 is 2.05 bits per heavy atom. The van der Waals surface area contributed by atoms with E-state index in [0.717, 1.165) is 25.0 Å². The first-order chi connectivity index (χ1) is 10.3. The Kier molecular flexibility index (Phi) is 5.01. The molecule has 5 heteroatoms. The van der Waals surface area contributed by atoms with Crippen LogP contribution in [-0.4, -0.2) is 11.1 Å². The van der Waals surface area contributed by atoms with Gasteiger partial charge in [0.1, 0.15) is 0 Å². The van der Waals surface area contributed by atoms with Gasteiger partial charge in [-0.15, -0.1) is 0 Å². The largest absolute Gasteiger partial charge is 0.478 e. The number of hydrazine groups is 1. The molecule has 2 rings (SSSR count). The molecule has 0 heterocycles. The number of carboxylic acid groups (broad SMARTS) is 1. The van der Waals surface area contributed by atoms with Crippen LogP contribution in [0.4, 0.5) is 5.69 Å². The van der Waals surface area contributed by atoms with Crippen molar-refractivity contribution in [3.8, 4) is 0 Å². The van der Waals surface area contributed by atoms with E-state index in [-0.39, 0.29) is 10.6 Å². The summed E-state index contributed by atoms with van der Waals surface area (Å²) in [6.07, 6.45) is 5.44. The molecular weight excluding hydrogens is 300 g/mol. The van der Waals surface area contributed by atoms with Gasteiger partial charge in [0.05, 0.1) is 16.3 Å². The molecular formula is C17H23ClN2O2. The van der Waals surface area contributed by atoms with Crippen molar-refractivity contribution in [2.45, 2.75) is 40.0 Å². The molecule has 0 radical (unpaired) electrons. The average molecular weight is 323 g/mol. The topological polar surface area (TPSA) is 61.4 Å². The molecule has 1 aromatic rings. The van der Waals surface area contributed by atoms with Crippen molar-refractivity contribution in [2.24, 2.45) is 11.3 Å². The predicted octanol–water partition coefficient (Wildman–Crippen LogP) is 4.68. The summed E-state index contributed by atoms with van der Waals surface area (Å²) in [6.45, 7) is 6.84. The first-order valence-corrected chi connectivity index (χ1v) is 7.89. The second kappa shape index (κ2) is 6.61. The molecule has 0 amide bonds. The van der Waals surface area contributed by atoms with Crippen LogP contribution in [0.1, 0.15) is 50.4 Å². The van der Waals surface area contributed by atoms with Crippen molar-refractivity contribution in [1.82, 2.24) is 5.43 Å². The fourth-order valence-electron chi connectivity index (χ4n) is 2.65. The highest BCUT2D eigenvalue weighted by molar-refractivity contribution is 6.33. The summed E-state index contributed by atoms with van der Waals surface area (Å²) in [5.41, 5.74) is 8.48. The number of allylic oxidation sites excluding steroid dienone is 2. The van der Waals surface area contributed by atoms with Gasteiger partial charge in [-0.25, -0.2) is 4.79 Å². The van der Waals surface area contributed by atoms with E-state index in [1.165, 1.54) is 6.07 Å². The van der Waals surface area contributed by atoms with Gasteiger partial charge in [0.25, 0.3) is 0 Å². The van der Waals surface area contributed by atoms with E-state index in [2.05, 4.69) is 37.7 Å². The Labute approximate surface area is 136 Å². The minimum Gasteiger partial charge on any atom is -0.478 e. The third-order valence-corrected chi connectivity index (χ3v) is 4.53. The lowest BCUT2D eigenvalue weighted by atomic mass is 9.74. The Morgan fingerprint density at radius 1 is 1.32 bits per heavy atom. The van der Waals surface area contributed by atoms with E-state index >= 15 is 0 Å². The normalized spacial score (nSPS) is 18.5. The van der Waals surface area contributed by atoms with Gasteiger partial charge < -0.3 is 16.0 Å². The van der Waals surface area contributed by atoms with Crippen LogP contribution in [-0.2, 0) is 0 Å². The molecule has 3 N–H and O–H groups in total. The lowest BCUT2D eigenvalue weighted by molar-refractivity contribution is 0.0697. The highest BCUT2D eigenvalue weighted by Crippen LogP contribution is 2.36. The molecule has 1 aliphatic carbocycles. The fourth-order valence-corrected chi connectivity index (χ4v) is 2.85. The maximum Gasteiger partial charge on any atom is 0.337 e. The van der Waals surface area contributed by atoms with E-state index in [1.54, 1.807) is 12.1 Å². The van der Waals surface area contributed by atoms with E-state index in [0.29, 0.717) is 17.0 Å². The Bertz CT molecular complexity index is 591. The third kappa shape index (κ3) is 4.17. The molecule has 4 nitrogen and oxygen atoms in total. The molecule has 0 saturated heterocycles. The highest BCUT2D eigenvalue weighted by atomic mass is 35.5. The average Bonchev–Trinajstić information content (AvgIpc) is 2.45. The number of rotatable bonds is 4. The number of hydrogen-bond donors (Lipinski definition) is 3.